The van der Waals surface area contributed by atoms with Gasteiger partial charge in [0.2, 0.25) is 5.91 Å². The molecule has 0 aromatic heterocycles. The summed E-state index contributed by atoms with van der Waals surface area (Å²) in [5.74, 6) is -2.17. The molecule has 0 bridgehead atoms. The molecule has 1 amide bonds. The smallest absolute Gasteiger partial charge is 0.319 e. The second-order valence-corrected chi connectivity index (χ2v) is 5.18. The summed E-state index contributed by atoms with van der Waals surface area (Å²) in [6.07, 6.45) is 0.269. The molecule has 1 atom stereocenters. The molecule has 1 rings (SSSR count). The van der Waals surface area contributed by atoms with E-state index in [2.05, 4.69) is 0 Å². The number of rotatable bonds is 4. The van der Waals surface area contributed by atoms with Crippen molar-refractivity contribution in [3.63, 3.8) is 0 Å². The second kappa shape index (κ2) is 5.67. The van der Waals surface area contributed by atoms with Gasteiger partial charge < -0.3 is 10.5 Å². The molecule has 0 saturated carbocycles. The molecular weight excluding hydrogens is 230 g/mol. The molecule has 0 aliphatic carbocycles. The summed E-state index contributed by atoms with van der Waals surface area (Å²) < 4.78 is 5.19. The number of ether oxygens (including phenoxy) is 1. The number of nitrogens with two attached hydrogens (primary N) is 1. The lowest BCUT2D eigenvalue weighted by molar-refractivity contribution is -0.161. The zero-order chi connectivity index (χ0) is 13.8. The molecule has 0 heterocycles. The summed E-state index contributed by atoms with van der Waals surface area (Å²) >= 11 is 0. The van der Waals surface area contributed by atoms with Crippen molar-refractivity contribution in [3.8, 4) is 0 Å². The number of carbonyl (C=O) groups excluding carboxylic acids is 2. The molecule has 0 saturated heterocycles. The van der Waals surface area contributed by atoms with E-state index in [0.717, 1.165) is 5.56 Å². The summed E-state index contributed by atoms with van der Waals surface area (Å²) in [7, 11) is 0. The second-order valence-electron chi connectivity index (χ2n) is 5.18. The zero-order valence-electron chi connectivity index (χ0n) is 11.0. The largest absolute Gasteiger partial charge is 0.459 e. The van der Waals surface area contributed by atoms with Crippen LogP contribution in [0.4, 0.5) is 0 Å². The Kier molecular flexibility index (Phi) is 4.48. The van der Waals surface area contributed by atoms with E-state index < -0.39 is 23.4 Å². The van der Waals surface area contributed by atoms with E-state index in [0.29, 0.717) is 0 Å². The van der Waals surface area contributed by atoms with Gasteiger partial charge in [0.25, 0.3) is 0 Å². The Morgan fingerprint density at radius 3 is 2.22 bits per heavy atom. The third-order valence-electron chi connectivity index (χ3n) is 2.32. The van der Waals surface area contributed by atoms with Crippen LogP contribution in [-0.4, -0.2) is 17.5 Å². The first kappa shape index (κ1) is 14.2. The fourth-order valence-corrected chi connectivity index (χ4v) is 1.52. The standard InChI is InChI=1S/C14H19NO3/c1-14(2,3)18-13(17)11(12(15)16)9-10-7-5-4-6-8-10/h4-8,11H,9H2,1-3H3,(H2,15,16). The SMILES string of the molecule is CC(C)(C)OC(=O)C(Cc1ccccc1)C(N)=O. The summed E-state index contributed by atoms with van der Waals surface area (Å²) in [5.41, 5.74) is 5.52. The third-order valence-corrected chi connectivity index (χ3v) is 2.32. The first-order chi connectivity index (χ1) is 8.29. The quantitative estimate of drug-likeness (QED) is 0.652. The number of benzene rings is 1. The van der Waals surface area contributed by atoms with E-state index in [1.54, 1.807) is 20.8 Å². The molecule has 2 N–H and O–H groups in total. The van der Waals surface area contributed by atoms with Crippen LogP contribution in [-0.2, 0) is 20.7 Å². The summed E-state index contributed by atoms with van der Waals surface area (Å²) in [6.45, 7) is 5.27. The predicted molar refractivity (Wildman–Crippen MR) is 68.7 cm³/mol. The molecule has 1 unspecified atom stereocenters. The predicted octanol–water partition coefficient (Wildman–Crippen LogP) is 1.67. The van der Waals surface area contributed by atoms with Gasteiger partial charge in [-0.2, -0.15) is 0 Å². The molecule has 1 aromatic rings. The lowest BCUT2D eigenvalue weighted by Gasteiger charge is -2.22. The van der Waals surface area contributed by atoms with Crippen LogP contribution in [0.3, 0.4) is 0 Å². The summed E-state index contributed by atoms with van der Waals surface area (Å²) in [4.78, 5) is 23.2. The average molecular weight is 249 g/mol. The van der Waals surface area contributed by atoms with E-state index in [1.807, 2.05) is 30.3 Å². The van der Waals surface area contributed by atoms with Crippen LogP contribution in [0.1, 0.15) is 26.3 Å². The Morgan fingerprint density at radius 2 is 1.78 bits per heavy atom. The minimum absolute atomic E-state index is 0.269. The van der Waals surface area contributed by atoms with E-state index in [1.165, 1.54) is 0 Å². The molecule has 1 aromatic carbocycles. The Balaban J connectivity index is 2.78. The lowest BCUT2D eigenvalue weighted by Crippen LogP contribution is -2.37. The maximum atomic E-state index is 11.9. The number of amides is 1. The number of hydrogen-bond donors (Lipinski definition) is 1. The molecule has 0 aliphatic rings. The Morgan fingerprint density at radius 1 is 1.22 bits per heavy atom. The minimum Gasteiger partial charge on any atom is -0.459 e. The molecule has 18 heavy (non-hydrogen) atoms. The normalized spacial score (nSPS) is 12.8. The van der Waals surface area contributed by atoms with Crippen molar-refractivity contribution < 1.29 is 14.3 Å². The first-order valence-corrected chi connectivity index (χ1v) is 5.86. The summed E-state index contributed by atoms with van der Waals surface area (Å²) in [5, 5.41) is 0. The van der Waals surface area contributed by atoms with E-state index >= 15 is 0 Å². The van der Waals surface area contributed by atoms with Gasteiger partial charge in [0.1, 0.15) is 11.5 Å². The van der Waals surface area contributed by atoms with Gasteiger partial charge in [-0.1, -0.05) is 30.3 Å². The van der Waals surface area contributed by atoms with E-state index in [4.69, 9.17) is 10.5 Å². The van der Waals surface area contributed by atoms with E-state index in [-0.39, 0.29) is 6.42 Å². The average Bonchev–Trinajstić information content (AvgIpc) is 2.24. The van der Waals surface area contributed by atoms with Crippen molar-refractivity contribution in [3.05, 3.63) is 35.9 Å². The Labute approximate surface area is 107 Å². The summed E-state index contributed by atoms with van der Waals surface area (Å²) in [6, 6.07) is 9.27. The van der Waals surface area contributed by atoms with Crippen LogP contribution >= 0.6 is 0 Å². The molecule has 98 valence electrons. The molecule has 4 nitrogen and oxygen atoms in total. The van der Waals surface area contributed by atoms with Crippen molar-refractivity contribution in [2.75, 3.05) is 0 Å². The van der Waals surface area contributed by atoms with Gasteiger partial charge in [-0.15, -0.1) is 0 Å². The number of hydrogen-bond acceptors (Lipinski definition) is 3. The maximum absolute atomic E-state index is 11.9. The Bertz CT molecular complexity index is 420. The van der Waals surface area contributed by atoms with Crippen molar-refractivity contribution >= 4 is 11.9 Å². The van der Waals surface area contributed by atoms with Gasteiger partial charge in [0.05, 0.1) is 0 Å². The molecule has 0 radical (unpaired) electrons. The topological polar surface area (TPSA) is 69.4 Å². The fourth-order valence-electron chi connectivity index (χ4n) is 1.52. The van der Waals surface area contributed by atoms with Crippen molar-refractivity contribution in [1.82, 2.24) is 0 Å². The third kappa shape index (κ3) is 4.57. The fraction of sp³-hybridized carbons (Fsp3) is 0.429. The van der Waals surface area contributed by atoms with Gasteiger partial charge in [-0.3, -0.25) is 9.59 Å². The highest BCUT2D eigenvalue weighted by atomic mass is 16.6. The van der Waals surface area contributed by atoms with Gasteiger partial charge in [-0.25, -0.2) is 0 Å². The lowest BCUT2D eigenvalue weighted by atomic mass is 9.98. The van der Waals surface area contributed by atoms with Crippen LogP contribution < -0.4 is 5.73 Å². The van der Waals surface area contributed by atoms with Gasteiger partial charge in [-0.05, 0) is 32.8 Å². The highest BCUT2D eigenvalue weighted by Gasteiger charge is 2.29. The molecule has 0 spiro atoms. The van der Waals surface area contributed by atoms with Crippen LogP contribution in [0.5, 0.6) is 0 Å². The monoisotopic (exact) mass is 249 g/mol. The van der Waals surface area contributed by atoms with Crippen LogP contribution in [0.15, 0.2) is 30.3 Å². The number of primary amides is 1. The van der Waals surface area contributed by atoms with Gasteiger partial charge in [0.15, 0.2) is 0 Å². The van der Waals surface area contributed by atoms with Crippen molar-refractivity contribution in [2.24, 2.45) is 11.7 Å². The molecule has 4 heteroatoms. The van der Waals surface area contributed by atoms with Crippen LogP contribution in [0, 0.1) is 5.92 Å². The van der Waals surface area contributed by atoms with E-state index in [9.17, 15) is 9.59 Å². The van der Waals surface area contributed by atoms with Crippen LogP contribution in [0.2, 0.25) is 0 Å². The van der Waals surface area contributed by atoms with Gasteiger partial charge >= 0.3 is 5.97 Å². The molecule has 0 fully saturated rings. The van der Waals surface area contributed by atoms with Crippen molar-refractivity contribution in [1.29, 1.82) is 0 Å². The first-order valence-electron chi connectivity index (χ1n) is 5.86. The molecular formula is C14H19NO3. The maximum Gasteiger partial charge on any atom is 0.319 e. The molecule has 0 aliphatic heterocycles. The highest BCUT2D eigenvalue weighted by molar-refractivity contribution is 5.97. The zero-order valence-corrected chi connectivity index (χ0v) is 11.0. The number of carbonyl (C=O) groups is 2. The van der Waals surface area contributed by atoms with Crippen LogP contribution in [0.25, 0.3) is 0 Å². The van der Waals surface area contributed by atoms with Gasteiger partial charge in [0, 0.05) is 0 Å². The van der Waals surface area contributed by atoms with Crippen molar-refractivity contribution in [2.45, 2.75) is 32.8 Å². The number of esters is 1. The Hall–Kier alpha value is -1.84. The minimum atomic E-state index is -0.938. The highest BCUT2D eigenvalue weighted by Crippen LogP contribution is 2.15.